The number of aldehydes is 1. The predicted molar refractivity (Wildman–Crippen MR) is 66.3 cm³/mol. The molecule has 0 aliphatic carbocycles. The van der Waals surface area contributed by atoms with E-state index in [1.54, 1.807) is 11.4 Å². The van der Waals surface area contributed by atoms with Crippen LogP contribution < -0.4 is 0 Å². The van der Waals surface area contributed by atoms with Crippen molar-refractivity contribution in [1.82, 2.24) is 9.78 Å². The molecule has 0 radical (unpaired) electrons. The number of alkyl halides is 2. The lowest BCUT2D eigenvalue weighted by atomic mass is 10.1. The average molecular weight is 270 g/mol. The van der Waals surface area contributed by atoms with Crippen LogP contribution in [-0.4, -0.2) is 16.1 Å². The molecule has 0 amide bonds. The first-order valence-corrected chi connectivity index (χ1v) is 6.32. The number of carbonyl (C=O) groups is 1. The number of aromatic nitrogens is 2. The number of halogens is 2. The molecule has 2 aromatic heterocycles. The van der Waals surface area contributed by atoms with Crippen LogP contribution in [0.25, 0.3) is 11.3 Å². The Bertz CT molecular complexity index is 560. The zero-order chi connectivity index (χ0) is 13.3. The highest BCUT2D eigenvalue weighted by Gasteiger charge is 2.20. The fraction of sp³-hybridized carbons (Fsp3) is 0.333. The Balaban J connectivity index is 2.50. The highest BCUT2D eigenvalue weighted by Crippen LogP contribution is 2.33. The quantitative estimate of drug-likeness (QED) is 0.789. The summed E-state index contributed by atoms with van der Waals surface area (Å²) in [6, 6.07) is 1.59. The van der Waals surface area contributed by atoms with E-state index in [-0.39, 0.29) is 17.3 Å². The molecule has 2 rings (SSSR count). The van der Waals surface area contributed by atoms with Gasteiger partial charge in [-0.15, -0.1) is 11.3 Å². The number of rotatable bonds is 4. The van der Waals surface area contributed by atoms with E-state index in [0.29, 0.717) is 16.7 Å². The van der Waals surface area contributed by atoms with Crippen molar-refractivity contribution in [3.8, 4) is 11.3 Å². The molecule has 3 nitrogen and oxygen atoms in total. The van der Waals surface area contributed by atoms with Gasteiger partial charge in [0, 0.05) is 23.2 Å². The molecule has 0 fully saturated rings. The van der Waals surface area contributed by atoms with Crippen molar-refractivity contribution in [3.63, 3.8) is 0 Å². The third-order valence-electron chi connectivity index (χ3n) is 2.53. The molecule has 6 heteroatoms. The van der Waals surface area contributed by atoms with Gasteiger partial charge >= 0.3 is 0 Å². The largest absolute Gasteiger partial charge is 0.297 e. The maximum absolute atomic E-state index is 13.0. The van der Waals surface area contributed by atoms with Gasteiger partial charge in [0.1, 0.15) is 5.69 Å². The molecule has 18 heavy (non-hydrogen) atoms. The molecule has 0 aliphatic heterocycles. The van der Waals surface area contributed by atoms with E-state index in [1.807, 2.05) is 13.8 Å². The van der Waals surface area contributed by atoms with Crippen LogP contribution in [-0.2, 0) is 0 Å². The van der Waals surface area contributed by atoms with E-state index in [4.69, 9.17) is 0 Å². The van der Waals surface area contributed by atoms with Gasteiger partial charge in [0.25, 0.3) is 6.43 Å². The molecule has 0 bridgehead atoms. The van der Waals surface area contributed by atoms with Crippen molar-refractivity contribution < 1.29 is 13.6 Å². The Hall–Kier alpha value is -1.56. The summed E-state index contributed by atoms with van der Waals surface area (Å²) in [5.74, 6) is 0. The fourth-order valence-electron chi connectivity index (χ4n) is 1.59. The van der Waals surface area contributed by atoms with Crippen LogP contribution in [0.15, 0.2) is 17.6 Å². The summed E-state index contributed by atoms with van der Waals surface area (Å²) >= 11 is 1.22. The Kier molecular flexibility index (Phi) is 3.56. The van der Waals surface area contributed by atoms with Crippen LogP contribution in [0.2, 0.25) is 0 Å². The molecule has 0 saturated heterocycles. The molecule has 96 valence electrons. The van der Waals surface area contributed by atoms with E-state index < -0.39 is 6.43 Å². The Morgan fingerprint density at radius 1 is 1.44 bits per heavy atom. The maximum Gasteiger partial charge on any atom is 0.267 e. The monoisotopic (exact) mass is 270 g/mol. The predicted octanol–water partition coefficient (Wildman–Crippen LogP) is 3.94. The van der Waals surface area contributed by atoms with Gasteiger partial charge in [-0.25, -0.2) is 8.78 Å². The van der Waals surface area contributed by atoms with Gasteiger partial charge in [-0.05, 0) is 19.9 Å². The highest BCUT2D eigenvalue weighted by molar-refractivity contribution is 7.12. The summed E-state index contributed by atoms with van der Waals surface area (Å²) in [5.41, 5.74) is 0.721. The van der Waals surface area contributed by atoms with Crippen LogP contribution in [0.4, 0.5) is 8.78 Å². The van der Waals surface area contributed by atoms with Gasteiger partial charge in [-0.2, -0.15) is 5.10 Å². The molecule has 0 spiro atoms. The summed E-state index contributed by atoms with van der Waals surface area (Å²) in [5, 5.41) is 5.85. The van der Waals surface area contributed by atoms with Crippen LogP contribution in [0, 0.1) is 0 Å². The van der Waals surface area contributed by atoms with Gasteiger partial charge in [-0.3, -0.25) is 9.48 Å². The number of hydrogen-bond donors (Lipinski definition) is 0. The molecular formula is C12H12F2N2OS. The summed E-state index contributed by atoms with van der Waals surface area (Å²) < 4.78 is 27.4. The van der Waals surface area contributed by atoms with Gasteiger partial charge < -0.3 is 0 Å². The number of carbonyl (C=O) groups excluding carboxylic acids is 1. The van der Waals surface area contributed by atoms with Crippen LogP contribution in [0.1, 0.15) is 41.5 Å². The summed E-state index contributed by atoms with van der Waals surface area (Å²) in [6.45, 7) is 3.74. The molecular weight excluding hydrogens is 258 g/mol. The summed E-state index contributed by atoms with van der Waals surface area (Å²) in [6.07, 6.45) is -0.509. The Morgan fingerprint density at radius 2 is 2.17 bits per heavy atom. The standard InChI is InChI=1S/C12H12F2N2OS/c1-7(2)16-4-10(12(13)14)11(15-16)8-3-9(5-17)18-6-8/h3-7,12H,1-2H3. The topological polar surface area (TPSA) is 34.9 Å². The normalized spacial score (nSPS) is 11.4. The fourth-order valence-corrected chi connectivity index (χ4v) is 2.29. The first-order chi connectivity index (χ1) is 8.52. The molecule has 0 aliphatic rings. The molecule has 2 heterocycles. The second-order valence-corrected chi connectivity index (χ2v) is 5.11. The summed E-state index contributed by atoms with van der Waals surface area (Å²) in [4.78, 5) is 11.1. The van der Waals surface area contributed by atoms with Crippen LogP contribution >= 0.6 is 11.3 Å². The lowest BCUT2D eigenvalue weighted by Crippen LogP contribution is -2.00. The van der Waals surface area contributed by atoms with E-state index in [2.05, 4.69) is 5.10 Å². The van der Waals surface area contributed by atoms with Crippen molar-refractivity contribution in [2.75, 3.05) is 0 Å². The lowest BCUT2D eigenvalue weighted by molar-refractivity contribution is 0.112. The third kappa shape index (κ3) is 2.33. The molecule has 0 N–H and O–H groups in total. The first-order valence-electron chi connectivity index (χ1n) is 5.44. The molecule has 0 atom stereocenters. The highest BCUT2D eigenvalue weighted by atomic mass is 32.1. The Morgan fingerprint density at radius 3 is 2.67 bits per heavy atom. The van der Waals surface area contributed by atoms with Crippen molar-refractivity contribution >= 4 is 17.6 Å². The molecule has 0 aromatic carbocycles. The average Bonchev–Trinajstić information content (AvgIpc) is 2.95. The smallest absolute Gasteiger partial charge is 0.267 e. The molecule has 0 saturated carbocycles. The van der Waals surface area contributed by atoms with Crippen LogP contribution in [0.3, 0.4) is 0 Å². The Labute approximate surface area is 107 Å². The minimum absolute atomic E-state index is 0.0143. The molecule has 2 aromatic rings. The van der Waals surface area contributed by atoms with Crippen molar-refractivity contribution in [1.29, 1.82) is 0 Å². The number of nitrogens with zero attached hydrogens (tertiary/aromatic N) is 2. The SMILES string of the molecule is CC(C)n1cc(C(F)F)c(-c2csc(C=O)c2)n1. The first kappa shape index (κ1) is 12.9. The lowest BCUT2D eigenvalue weighted by Gasteiger charge is -2.02. The van der Waals surface area contributed by atoms with Gasteiger partial charge in [0.15, 0.2) is 6.29 Å². The van der Waals surface area contributed by atoms with E-state index in [0.717, 1.165) is 0 Å². The zero-order valence-corrected chi connectivity index (χ0v) is 10.7. The van der Waals surface area contributed by atoms with E-state index in [1.165, 1.54) is 22.2 Å². The third-order valence-corrected chi connectivity index (χ3v) is 3.39. The van der Waals surface area contributed by atoms with Gasteiger partial charge in [0.05, 0.1) is 10.4 Å². The minimum atomic E-state index is -2.58. The van der Waals surface area contributed by atoms with Crippen molar-refractivity contribution in [2.45, 2.75) is 26.3 Å². The van der Waals surface area contributed by atoms with Crippen LogP contribution in [0.5, 0.6) is 0 Å². The number of hydrogen-bond acceptors (Lipinski definition) is 3. The van der Waals surface area contributed by atoms with Gasteiger partial charge in [-0.1, -0.05) is 0 Å². The number of thiophene rings is 1. The second-order valence-electron chi connectivity index (χ2n) is 4.16. The molecule has 0 unspecified atom stereocenters. The second kappa shape index (κ2) is 4.97. The van der Waals surface area contributed by atoms with Crippen molar-refractivity contribution in [2.24, 2.45) is 0 Å². The minimum Gasteiger partial charge on any atom is -0.297 e. The van der Waals surface area contributed by atoms with E-state index in [9.17, 15) is 13.6 Å². The summed E-state index contributed by atoms with van der Waals surface area (Å²) in [7, 11) is 0. The zero-order valence-electron chi connectivity index (χ0n) is 9.93. The maximum atomic E-state index is 13.0. The van der Waals surface area contributed by atoms with Crippen molar-refractivity contribution in [3.05, 3.63) is 28.1 Å². The van der Waals surface area contributed by atoms with E-state index >= 15 is 0 Å². The van der Waals surface area contributed by atoms with Gasteiger partial charge in [0.2, 0.25) is 0 Å².